The Kier molecular flexibility index (Phi) is 6.41. The van der Waals surface area contributed by atoms with Crippen molar-refractivity contribution in [3.05, 3.63) is 70.8 Å². The predicted octanol–water partition coefficient (Wildman–Crippen LogP) is 4.88. The lowest BCUT2D eigenvalue weighted by Gasteiger charge is -2.22. The molecule has 0 radical (unpaired) electrons. The number of hydrogen-bond donors (Lipinski definition) is 1. The average molecular weight is 410 g/mol. The van der Waals surface area contributed by atoms with E-state index in [-0.39, 0.29) is 11.5 Å². The molecule has 8 nitrogen and oxygen atoms in total. The molecule has 2 heterocycles. The molecule has 156 valence electrons. The summed E-state index contributed by atoms with van der Waals surface area (Å²) in [6.45, 7) is 5.26. The number of anilines is 5. The van der Waals surface area contributed by atoms with Crippen molar-refractivity contribution < 1.29 is 9.31 Å². The summed E-state index contributed by atoms with van der Waals surface area (Å²) in [5, 5.41) is 14.4. The van der Waals surface area contributed by atoms with Gasteiger partial charge in [0.2, 0.25) is 5.82 Å². The van der Waals surface area contributed by atoms with Gasteiger partial charge in [0.1, 0.15) is 11.6 Å². The quantitative estimate of drug-likeness (QED) is 0.418. The number of nitro groups is 1. The highest BCUT2D eigenvalue weighted by Crippen LogP contribution is 2.31. The van der Waals surface area contributed by atoms with E-state index in [0.29, 0.717) is 30.3 Å². The van der Waals surface area contributed by atoms with Crippen LogP contribution in [0.1, 0.15) is 13.8 Å². The zero-order valence-electron chi connectivity index (χ0n) is 17.0. The molecule has 3 rings (SSSR count). The average Bonchev–Trinajstić information content (AvgIpc) is 2.76. The fourth-order valence-electron chi connectivity index (χ4n) is 3.11. The first kappa shape index (κ1) is 21.0. The van der Waals surface area contributed by atoms with Gasteiger partial charge in [0.15, 0.2) is 0 Å². The van der Waals surface area contributed by atoms with E-state index in [1.807, 2.05) is 18.7 Å². The van der Waals surface area contributed by atoms with Gasteiger partial charge in [-0.05, 0) is 50.2 Å². The van der Waals surface area contributed by atoms with Crippen LogP contribution in [-0.4, -0.2) is 35.0 Å². The van der Waals surface area contributed by atoms with Crippen molar-refractivity contribution in [2.45, 2.75) is 13.8 Å². The second-order valence-electron chi connectivity index (χ2n) is 6.52. The molecular weight excluding hydrogens is 387 g/mol. The topological polar surface area (TPSA) is 87.4 Å². The number of benzene rings is 1. The minimum atomic E-state index is -0.522. The maximum Gasteiger partial charge on any atom is 0.311 e. The number of rotatable bonds is 8. The van der Waals surface area contributed by atoms with Crippen LogP contribution in [0.5, 0.6) is 0 Å². The van der Waals surface area contributed by atoms with Crippen molar-refractivity contribution >= 4 is 34.4 Å². The standard InChI is InChI=1S/C21H23FN6O2/c1-4-27(5-2)18-7-6-15(14-17(18)22)24-21-19(28(29)30)8-9-20(25-21)26(3)16-10-12-23-13-11-16/h6-14H,4-5H2,1-3H3,(H,24,25). The van der Waals surface area contributed by atoms with Crippen molar-refractivity contribution in [3.63, 3.8) is 0 Å². The molecule has 0 fully saturated rings. The van der Waals surface area contributed by atoms with Gasteiger partial charge < -0.3 is 15.1 Å². The number of hydrogen-bond acceptors (Lipinski definition) is 7. The van der Waals surface area contributed by atoms with E-state index < -0.39 is 10.7 Å². The number of nitrogens with zero attached hydrogens (tertiary/aromatic N) is 5. The van der Waals surface area contributed by atoms with Gasteiger partial charge in [-0.25, -0.2) is 9.37 Å². The molecule has 0 atom stereocenters. The van der Waals surface area contributed by atoms with E-state index in [4.69, 9.17) is 0 Å². The molecule has 9 heteroatoms. The van der Waals surface area contributed by atoms with Gasteiger partial charge in [-0.2, -0.15) is 0 Å². The van der Waals surface area contributed by atoms with Gasteiger partial charge in [0, 0.05) is 50.0 Å². The van der Waals surface area contributed by atoms with E-state index >= 15 is 0 Å². The lowest BCUT2D eigenvalue weighted by Crippen LogP contribution is -2.22. The lowest BCUT2D eigenvalue weighted by molar-refractivity contribution is -0.384. The SMILES string of the molecule is CCN(CC)c1ccc(Nc2nc(N(C)c3ccncc3)ccc2[N+](=O)[O-])cc1F. The van der Waals surface area contributed by atoms with Crippen molar-refractivity contribution in [1.82, 2.24) is 9.97 Å². The molecule has 2 aromatic heterocycles. The van der Waals surface area contributed by atoms with Gasteiger partial charge in [-0.3, -0.25) is 15.1 Å². The van der Waals surface area contributed by atoms with Crippen LogP contribution in [0.15, 0.2) is 54.9 Å². The molecule has 0 saturated heterocycles. The van der Waals surface area contributed by atoms with Gasteiger partial charge in [0.05, 0.1) is 10.6 Å². The Morgan fingerprint density at radius 2 is 1.80 bits per heavy atom. The molecule has 0 spiro atoms. The minimum Gasteiger partial charge on any atom is -0.370 e. The number of pyridine rings is 2. The summed E-state index contributed by atoms with van der Waals surface area (Å²) in [6, 6.07) is 11.2. The number of nitrogens with one attached hydrogen (secondary N) is 1. The number of halogens is 1. The van der Waals surface area contributed by atoms with E-state index in [0.717, 1.165) is 5.69 Å². The molecule has 0 bridgehead atoms. The van der Waals surface area contributed by atoms with Crippen LogP contribution in [0.2, 0.25) is 0 Å². The first-order chi connectivity index (χ1) is 14.4. The fourth-order valence-corrected chi connectivity index (χ4v) is 3.11. The first-order valence-electron chi connectivity index (χ1n) is 9.55. The zero-order chi connectivity index (χ0) is 21.7. The zero-order valence-corrected chi connectivity index (χ0v) is 17.0. The molecule has 30 heavy (non-hydrogen) atoms. The largest absolute Gasteiger partial charge is 0.370 e. The van der Waals surface area contributed by atoms with E-state index in [9.17, 15) is 14.5 Å². The van der Waals surface area contributed by atoms with Crippen molar-refractivity contribution in [2.24, 2.45) is 0 Å². The minimum absolute atomic E-state index is 0.0356. The Hall–Kier alpha value is -3.75. The third-order valence-electron chi connectivity index (χ3n) is 4.76. The predicted molar refractivity (Wildman–Crippen MR) is 116 cm³/mol. The van der Waals surface area contributed by atoms with E-state index in [1.165, 1.54) is 12.1 Å². The molecular formula is C21H23FN6O2. The summed E-state index contributed by atoms with van der Waals surface area (Å²) in [5.41, 5.74) is 1.49. The summed E-state index contributed by atoms with van der Waals surface area (Å²) in [6.07, 6.45) is 3.30. The Morgan fingerprint density at radius 1 is 1.10 bits per heavy atom. The molecule has 0 amide bonds. The van der Waals surface area contributed by atoms with Gasteiger partial charge in [-0.1, -0.05) is 0 Å². The van der Waals surface area contributed by atoms with Crippen molar-refractivity contribution in [1.29, 1.82) is 0 Å². The van der Waals surface area contributed by atoms with Crippen LogP contribution in [0.25, 0.3) is 0 Å². The van der Waals surface area contributed by atoms with Crippen LogP contribution in [0.3, 0.4) is 0 Å². The van der Waals surface area contributed by atoms with Crippen molar-refractivity contribution in [3.8, 4) is 0 Å². The molecule has 3 aromatic rings. The Balaban J connectivity index is 1.94. The van der Waals surface area contributed by atoms with Crippen LogP contribution in [0, 0.1) is 15.9 Å². The first-order valence-corrected chi connectivity index (χ1v) is 9.55. The maximum absolute atomic E-state index is 14.6. The van der Waals surface area contributed by atoms with Gasteiger partial charge in [-0.15, -0.1) is 0 Å². The second kappa shape index (κ2) is 9.17. The summed E-state index contributed by atoms with van der Waals surface area (Å²) >= 11 is 0. The Morgan fingerprint density at radius 3 is 2.40 bits per heavy atom. The molecule has 0 unspecified atom stereocenters. The summed E-state index contributed by atoms with van der Waals surface area (Å²) in [4.78, 5) is 23.0. The van der Waals surface area contributed by atoms with Crippen LogP contribution >= 0.6 is 0 Å². The van der Waals surface area contributed by atoms with Gasteiger partial charge in [0.25, 0.3) is 0 Å². The van der Waals surface area contributed by atoms with Crippen LogP contribution in [-0.2, 0) is 0 Å². The lowest BCUT2D eigenvalue weighted by atomic mass is 10.2. The Labute approximate surface area is 174 Å². The summed E-state index contributed by atoms with van der Waals surface area (Å²) in [5.74, 6) is 0.124. The maximum atomic E-state index is 14.6. The second-order valence-corrected chi connectivity index (χ2v) is 6.52. The highest BCUT2D eigenvalue weighted by molar-refractivity contribution is 5.71. The van der Waals surface area contributed by atoms with Crippen LogP contribution < -0.4 is 15.1 Å². The van der Waals surface area contributed by atoms with Gasteiger partial charge >= 0.3 is 5.69 Å². The Bertz CT molecular complexity index is 1030. The molecule has 0 aliphatic heterocycles. The fraction of sp³-hybridized carbons (Fsp3) is 0.238. The van der Waals surface area contributed by atoms with E-state index in [1.54, 1.807) is 54.7 Å². The monoisotopic (exact) mass is 410 g/mol. The summed E-state index contributed by atoms with van der Waals surface area (Å²) in [7, 11) is 1.80. The highest BCUT2D eigenvalue weighted by atomic mass is 19.1. The highest BCUT2D eigenvalue weighted by Gasteiger charge is 2.19. The molecule has 0 saturated carbocycles. The third kappa shape index (κ3) is 4.45. The van der Waals surface area contributed by atoms with Crippen molar-refractivity contribution in [2.75, 3.05) is 35.3 Å². The molecule has 0 aliphatic carbocycles. The summed E-state index contributed by atoms with van der Waals surface area (Å²) < 4.78 is 14.6. The smallest absolute Gasteiger partial charge is 0.311 e. The van der Waals surface area contributed by atoms with E-state index in [2.05, 4.69) is 15.3 Å². The molecule has 1 N–H and O–H groups in total. The molecule has 0 aliphatic rings. The number of aromatic nitrogens is 2. The third-order valence-corrected chi connectivity index (χ3v) is 4.76. The normalized spacial score (nSPS) is 10.5. The molecule has 1 aromatic carbocycles. The van der Waals surface area contributed by atoms with Crippen LogP contribution in [0.4, 0.5) is 38.8 Å².